The lowest BCUT2D eigenvalue weighted by Crippen LogP contribution is -1.89. The summed E-state index contributed by atoms with van der Waals surface area (Å²) in [5, 5.41) is 19.4. The smallest absolute Gasteiger partial charge is 0.160 e. The number of fused-ring (bicyclic) bond motifs is 1. The van der Waals surface area contributed by atoms with Crippen LogP contribution in [-0.2, 0) is 0 Å². The van der Waals surface area contributed by atoms with Crippen LogP contribution in [0.3, 0.4) is 0 Å². The predicted octanol–water partition coefficient (Wildman–Crippen LogP) is 4.00. The summed E-state index contributed by atoms with van der Waals surface area (Å²) in [5.41, 5.74) is 4.25. The van der Waals surface area contributed by atoms with Gasteiger partial charge in [-0.25, -0.2) is 0 Å². The van der Waals surface area contributed by atoms with E-state index < -0.39 is 0 Å². The molecule has 22 heavy (non-hydrogen) atoms. The lowest BCUT2D eigenvalue weighted by Gasteiger charge is -2.04. The Kier molecular flexibility index (Phi) is 2.86. The highest BCUT2D eigenvalue weighted by Crippen LogP contribution is 2.32. The van der Waals surface area contributed by atoms with Crippen molar-refractivity contribution in [3.63, 3.8) is 0 Å². The van der Waals surface area contributed by atoms with E-state index in [0.29, 0.717) is 11.3 Å². The number of rotatable bonds is 2. The Morgan fingerprint density at radius 2 is 1.59 bits per heavy atom. The molecule has 0 fully saturated rings. The van der Waals surface area contributed by atoms with Gasteiger partial charge in [-0.05, 0) is 23.8 Å². The van der Waals surface area contributed by atoms with E-state index in [1.807, 2.05) is 42.6 Å². The Balaban J connectivity index is 1.92. The monoisotopic (exact) mass is 287 g/mol. The van der Waals surface area contributed by atoms with Gasteiger partial charge in [0, 0.05) is 22.7 Å². The summed E-state index contributed by atoms with van der Waals surface area (Å²) in [6.45, 7) is 0. The van der Waals surface area contributed by atoms with Crippen LogP contribution in [0.25, 0.3) is 33.4 Å². The maximum Gasteiger partial charge on any atom is 0.160 e. The van der Waals surface area contributed by atoms with Crippen LogP contribution >= 0.6 is 0 Å². The highest BCUT2D eigenvalue weighted by Gasteiger charge is 2.11. The van der Waals surface area contributed by atoms with Gasteiger partial charge in [0.25, 0.3) is 0 Å². The van der Waals surface area contributed by atoms with Crippen LogP contribution in [0.5, 0.6) is 5.75 Å². The molecule has 0 aliphatic heterocycles. The molecule has 0 saturated carbocycles. The number of benzene rings is 2. The number of hydrogen-bond donors (Lipinski definition) is 2. The van der Waals surface area contributed by atoms with E-state index >= 15 is 0 Å². The zero-order valence-electron chi connectivity index (χ0n) is 11.7. The third-order valence-electron chi connectivity index (χ3n) is 3.70. The zero-order chi connectivity index (χ0) is 14.9. The molecule has 4 rings (SSSR count). The lowest BCUT2D eigenvalue weighted by molar-refractivity contribution is 0.477. The molecule has 0 atom stereocenters. The first-order valence-corrected chi connectivity index (χ1v) is 7.01. The van der Waals surface area contributed by atoms with Gasteiger partial charge in [0.15, 0.2) is 5.65 Å². The lowest BCUT2D eigenvalue weighted by atomic mass is 10.0. The molecule has 2 heterocycles. The number of phenolic OH excluding ortho intramolecular Hbond substituents is 1. The fourth-order valence-electron chi connectivity index (χ4n) is 2.60. The third kappa shape index (κ3) is 2.02. The fraction of sp³-hybridized carbons (Fsp3) is 0. The zero-order valence-corrected chi connectivity index (χ0v) is 11.7. The van der Waals surface area contributed by atoms with Gasteiger partial charge in [-0.3, -0.25) is 0 Å². The molecule has 0 aliphatic carbocycles. The van der Waals surface area contributed by atoms with E-state index in [0.717, 1.165) is 22.2 Å². The molecular weight excluding hydrogens is 274 g/mol. The summed E-state index contributed by atoms with van der Waals surface area (Å²) in [7, 11) is 0. The molecule has 106 valence electrons. The minimum Gasteiger partial charge on any atom is -0.507 e. The first kappa shape index (κ1) is 12.6. The Morgan fingerprint density at radius 1 is 0.818 bits per heavy atom. The summed E-state index contributed by atoms with van der Waals surface area (Å²) in [6, 6.07) is 19.2. The van der Waals surface area contributed by atoms with Crippen molar-refractivity contribution in [3.05, 3.63) is 66.9 Å². The molecular formula is C18H13N3O. The summed E-state index contributed by atoms with van der Waals surface area (Å²) >= 11 is 0. The number of phenols is 1. The highest BCUT2D eigenvalue weighted by molar-refractivity contribution is 5.95. The Morgan fingerprint density at radius 3 is 2.41 bits per heavy atom. The van der Waals surface area contributed by atoms with Crippen LogP contribution in [0.2, 0.25) is 0 Å². The van der Waals surface area contributed by atoms with Crippen LogP contribution in [0, 0.1) is 0 Å². The van der Waals surface area contributed by atoms with E-state index in [2.05, 4.69) is 27.3 Å². The molecule has 0 bridgehead atoms. The quantitative estimate of drug-likeness (QED) is 0.586. The largest absolute Gasteiger partial charge is 0.507 e. The molecule has 4 aromatic rings. The van der Waals surface area contributed by atoms with Crippen molar-refractivity contribution in [3.8, 4) is 28.1 Å². The predicted molar refractivity (Wildman–Crippen MR) is 86.4 cm³/mol. The molecule has 0 saturated heterocycles. The molecule has 0 spiro atoms. The van der Waals surface area contributed by atoms with Gasteiger partial charge in [0.05, 0.1) is 5.69 Å². The van der Waals surface area contributed by atoms with Crippen LogP contribution < -0.4 is 0 Å². The number of H-pyrrole nitrogens is 1. The molecule has 0 unspecified atom stereocenters. The number of aromatic amines is 1. The third-order valence-corrected chi connectivity index (χ3v) is 3.70. The van der Waals surface area contributed by atoms with Crippen LogP contribution in [-0.4, -0.2) is 20.3 Å². The van der Waals surface area contributed by atoms with Crippen molar-refractivity contribution >= 4 is 11.0 Å². The molecule has 0 amide bonds. The minimum atomic E-state index is 0.202. The second kappa shape index (κ2) is 5.00. The van der Waals surface area contributed by atoms with E-state index in [1.165, 1.54) is 0 Å². The van der Waals surface area contributed by atoms with E-state index in [-0.39, 0.29) is 5.75 Å². The molecule has 2 aromatic carbocycles. The Bertz CT molecular complexity index is 945. The van der Waals surface area contributed by atoms with Crippen molar-refractivity contribution in [2.75, 3.05) is 0 Å². The van der Waals surface area contributed by atoms with E-state index in [9.17, 15) is 5.11 Å². The van der Waals surface area contributed by atoms with Gasteiger partial charge in [-0.1, -0.05) is 42.5 Å². The van der Waals surface area contributed by atoms with Crippen molar-refractivity contribution in [2.24, 2.45) is 0 Å². The molecule has 4 nitrogen and oxygen atoms in total. The molecule has 4 heteroatoms. The second-order valence-electron chi connectivity index (χ2n) is 5.08. The van der Waals surface area contributed by atoms with Gasteiger partial charge in [0.1, 0.15) is 5.75 Å². The summed E-state index contributed by atoms with van der Waals surface area (Å²) in [5.74, 6) is 0.202. The van der Waals surface area contributed by atoms with Crippen molar-refractivity contribution < 1.29 is 5.11 Å². The van der Waals surface area contributed by atoms with Gasteiger partial charge < -0.3 is 10.1 Å². The van der Waals surface area contributed by atoms with Crippen LogP contribution in [0.4, 0.5) is 0 Å². The number of hydrogen-bond acceptors (Lipinski definition) is 3. The van der Waals surface area contributed by atoms with Crippen molar-refractivity contribution in [2.45, 2.75) is 0 Å². The normalized spacial score (nSPS) is 10.9. The molecule has 0 radical (unpaired) electrons. The van der Waals surface area contributed by atoms with Gasteiger partial charge in [-0.2, -0.15) is 0 Å². The molecule has 2 N–H and O–H groups in total. The maximum absolute atomic E-state index is 10.00. The van der Waals surface area contributed by atoms with Gasteiger partial charge in [0.2, 0.25) is 0 Å². The summed E-state index contributed by atoms with van der Waals surface area (Å²) in [4.78, 5) is 3.14. The summed E-state index contributed by atoms with van der Waals surface area (Å²) < 4.78 is 0. The molecule has 0 aliphatic rings. The second-order valence-corrected chi connectivity index (χ2v) is 5.08. The maximum atomic E-state index is 10.00. The average molecular weight is 287 g/mol. The number of aromatic nitrogens is 3. The first-order valence-electron chi connectivity index (χ1n) is 7.01. The Hall–Kier alpha value is -3.14. The number of nitrogens with one attached hydrogen (secondary N) is 1. The van der Waals surface area contributed by atoms with Gasteiger partial charge in [-0.15, -0.1) is 10.2 Å². The fourth-order valence-corrected chi connectivity index (χ4v) is 2.60. The topological polar surface area (TPSA) is 61.8 Å². The van der Waals surface area contributed by atoms with Crippen molar-refractivity contribution in [1.82, 2.24) is 15.2 Å². The van der Waals surface area contributed by atoms with Crippen molar-refractivity contribution in [1.29, 1.82) is 0 Å². The molecule has 2 aromatic heterocycles. The van der Waals surface area contributed by atoms with E-state index in [4.69, 9.17) is 0 Å². The average Bonchev–Trinajstić information content (AvgIpc) is 2.99. The van der Waals surface area contributed by atoms with E-state index in [1.54, 1.807) is 12.1 Å². The van der Waals surface area contributed by atoms with Gasteiger partial charge >= 0.3 is 0 Å². The number of para-hydroxylation sites is 1. The van der Waals surface area contributed by atoms with Crippen LogP contribution in [0.1, 0.15) is 0 Å². The Labute approximate surface area is 127 Å². The minimum absolute atomic E-state index is 0.202. The first-order chi connectivity index (χ1) is 10.8. The summed E-state index contributed by atoms with van der Waals surface area (Å²) in [6.07, 6.45) is 1.93. The number of aromatic hydroxyl groups is 1. The standard InChI is InChI=1S/C18H13N3O/c22-17-9-5-4-8-13(17)16-10-14-15(11-19-18(14)21-20-16)12-6-2-1-3-7-12/h1-11,22H,(H,19,21). The SMILES string of the molecule is Oc1ccccc1-c1cc2c(-c3ccccc3)c[nH]c2nn1. The van der Waals surface area contributed by atoms with Crippen LogP contribution in [0.15, 0.2) is 66.9 Å². The highest BCUT2D eigenvalue weighted by atomic mass is 16.3. The number of nitrogens with zero attached hydrogens (tertiary/aromatic N) is 2.